The molecule has 3 heterocycles. The van der Waals surface area contributed by atoms with Gasteiger partial charge in [0.15, 0.2) is 5.00 Å². The number of carbonyl (C=O) groups is 1. The molecule has 4 atom stereocenters. The Kier molecular flexibility index (Phi) is 2.45. The number of para-hydroxylation sites is 1. The van der Waals surface area contributed by atoms with Gasteiger partial charge in [-0.15, -0.1) is 0 Å². The zero-order valence-corrected chi connectivity index (χ0v) is 11.4. The highest BCUT2D eigenvalue weighted by atomic mass is 35.5. The highest BCUT2D eigenvalue weighted by Gasteiger charge is 2.62. The van der Waals surface area contributed by atoms with E-state index in [-0.39, 0.29) is 11.9 Å². The first-order chi connectivity index (χ1) is 9.22. The van der Waals surface area contributed by atoms with Crippen molar-refractivity contribution in [3.63, 3.8) is 0 Å². The van der Waals surface area contributed by atoms with Gasteiger partial charge in [-0.05, 0) is 30.9 Å². The van der Waals surface area contributed by atoms with Crippen molar-refractivity contribution in [1.29, 1.82) is 0 Å². The third-order valence-electron chi connectivity index (χ3n) is 5.04. The van der Waals surface area contributed by atoms with Crippen LogP contribution in [0.1, 0.15) is 19.3 Å². The Bertz CT molecular complexity index is 520. The Hall–Kier alpha value is -1.06. The predicted octanol–water partition coefficient (Wildman–Crippen LogP) is 2.36. The van der Waals surface area contributed by atoms with Crippen molar-refractivity contribution >= 4 is 23.2 Å². The number of hydrogen-bond acceptors (Lipinski definition) is 2. The number of nitrogens with zero attached hydrogens (tertiary/aromatic N) is 1. The number of rotatable bonds is 1. The molecule has 3 aliphatic heterocycles. The quantitative estimate of drug-likeness (QED) is 0.631. The zero-order chi connectivity index (χ0) is 13.0. The Morgan fingerprint density at radius 1 is 1.26 bits per heavy atom. The number of fused-ring (bicyclic) bond motifs is 2. The number of amides is 1. The molecule has 0 aromatic heterocycles. The Morgan fingerprint density at radius 3 is 2.84 bits per heavy atom. The second-order valence-electron chi connectivity index (χ2n) is 5.87. The number of halogens is 1. The van der Waals surface area contributed by atoms with Gasteiger partial charge in [0.25, 0.3) is 5.91 Å². The van der Waals surface area contributed by atoms with Gasteiger partial charge in [-0.2, -0.15) is 0 Å². The van der Waals surface area contributed by atoms with Crippen LogP contribution in [0.3, 0.4) is 0 Å². The third-order valence-corrected chi connectivity index (χ3v) is 5.61. The molecular weight excluding hydrogens is 260 g/mol. The average Bonchev–Trinajstić information content (AvgIpc) is 2.93. The number of nitrogens with one attached hydrogen (secondary N) is 1. The summed E-state index contributed by atoms with van der Waals surface area (Å²) in [5.41, 5.74) is 0.981. The number of piperazine rings is 1. The minimum Gasteiger partial charge on any atom is -0.305 e. The molecule has 4 aliphatic rings. The van der Waals surface area contributed by atoms with Crippen LogP contribution < -0.4 is 10.2 Å². The van der Waals surface area contributed by atoms with E-state index < -0.39 is 5.00 Å². The van der Waals surface area contributed by atoms with Crippen LogP contribution in [0, 0.1) is 11.8 Å². The van der Waals surface area contributed by atoms with E-state index in [1.54, 1.807) is 0 Å². The molecule has 100 valence electrons. The maximum absolute atomic E-state index is 12.8. The molecule has 1 aliphatic carbocycles. The highest BCUT2D eigenvalue weighted by Crippen LogP contribution is 2.52. The summed E-state index contributed by atoms with van der Waals surface area (Å²) >= 11 is 6.69. The number of hydrogen-bond donors (Lipinski definition) is 1. The van der Waals surface area contributed by atoms with E-state index in [2.05, 4.69) is 5.32 Å². The van der Waals surface area contributed by atoms with E-state index in [9.17, 15) is 4.79 Å². The van der Waals surface area contributed by atoms with Crippen LogP contribution in [0.25, 0.3) is 0 Å². The largest absolute Gasteiger partial charge is 0.305 e. The molecule has 1 amide bonds. The second kappa shape index (κ2) is 3.97. The normalized spacial score (nSPS) is 40.6. The smallest absolute Gasteiger partial charge is 0.263 e. The van der Waals surface area contributed by atoms with Crippen molar-refractivity contribution in [1.82, 2.24) is 5.32 Å². The van der Waals surface area contributed by atoms with Gasteiger partial charge in [-0.1, -0.05) is 36.2 Å². The van der Waals surface area contributed by atoms with Gasteiger partial charge in [-0.3, -0.25) is 10.1 Å². The molecule has 5 rings (SSSR count). The molecule has 2 bridgehead atoms. The lowest BCUT2D eigenvalue weighted by Crippen LogP contribution is -2.76. The van der Waals surface area contributed by atoms with Crippen molar-refractivity contribution in [2.24, 2.45) is 11.8 Å². The number of alkyl halides is 1. The minimum atomic E-state index is -0.869. The first-order valence-electron chi connectivity index (χ1n) is 7.04. The molecule has 19 heavy (non-hydrogen) atoms. The summed E-state index contributed by atoms with van der Waals surface area (Å²) in [5, 5.41) is 3.29. The molecule has 1 N–H and O–H groups in total. The minimum absolute atomic E-state index is 0.0415. The fourth-order valence-corrected chi connectivity index (χ4v) is 4.66. The molecule has 0 spiro atoms. The molecule has 1 aromatic carbocycles. The van der Waals surface area contributed by atoms with E-state index >= 15 is 0 Å². The molecule has 3 nitrogen and oxygen atoms in total. The standard InChI is InChI=1S/C15H17ClN2O/c16-15-12-8-4-7-11(12)13(9-17-15)18(14(15)19)10-5-2-1-3-6-10/h1-3,5-6,11-13,17H,4,7-9H2/t11-,12+,13-,15+/m0/s1. The summed E-state index contributed by atoms with van der Waals surface area (Å²) in [4.78, 5) is 13.9. The summed E-state index contributed by atoms with van der Waals surface area (Å²) in [5.74, 6) is 0.900. The topological polar surface area (TPSA) is 32.3 Å². The zero-order valence-electron chi connectivity index (χ0n) is 10.7. The summed E-state index contributed by atoms with van der Waals surface area (Å²) in [6, 6.07) is 10.2. The van der Waals surface area contributed by atoms with Gasteiger partial charge in [0, 0.05) is 18.2 Å². The van der Waals surface area contributed by atoms with Crippen molar-refractivity contribution in [3.05, 3.63) is 30.3 Å². The molecule has 0 unspecified atom stereocenters. The van der Waals surface area contributed by atoms with Crippen molar-refractivity contribution in [3.8, 4) is 0 Å². The number of carbonyl (C=O) groups excluding carboxylic acids is 1. The van der Waals surface area contributed by atoms with E-state index in [1.165, 1.54) is 12.8 Å². The second-order valence-corrected chi connectivity index (χ2v) is 6.47. The van der Waals surface area contributed by atoms with E-state index in [0.717, 1.165) is 18.7 Å². The third kappa shape index (κ3) is 1.46. The molecule has 3 saturated heterocycles. The van der Waals surface area contributed by atoms with E-state index in [4.69, 9.17) is 11.6 Å². The summed E-state index contributed by atoms with van der Waals surface area (Å²) in [6.45, 7) is 0.811. The van der Waals surface area contributed by atoms with Crippen LogP contribution in [0.4, 0.5) is 5.69 Å². The summed E-state index contributed by atoms with van der Waals surface area (Å²) < 4.78 is 0. The van der Waals surface area contributed by atoms with Crippen molar-refractivity contribution in [2.75, 3.05) is 11.4 Å². The first kappa shape index (κ1) is 11.7. The molecular formula is C15H17ClN2O. The van der Waals surface area contributed by atoms with Crippen LogP contribution in [0.5, 0.6) is 0 Å². The fraction of sp³-hybridized carbons (Fsp3) is 0.533. The Morgan fingerprint density at radius 2 is 2.05 bits per heavy atom. The molecule has 4 fully saturated rings. The van der Waals surface area contributed by atoms with Gasteiger partial charge in [-0.25, -0.2) is 0 Å². The highest BCUT2D eigenvalue weighted by molar-refractivity contribution is 6.37. The number of anilines is 1. The van der Waals surface area contributed by atoms with Gasteiger partial charge in [0.2, 0.25) is 0 Å². The molecule has 4 heteroatoms. The maximum atomic E-state index is 12.8. The van der Waals surface area contributed by atoms with Crippen LogP contribution in [0.15, 0.2) is 30.3 Å². The van der Waals surface area contributed by atoms with Crippen LogP contribution in [-0.2, 0) is 4.79 Å². The lowest BCUT2D eigenvalue weighted by Gasteiger charge is -2.56. The van der Waals surface area contributed by atoms with Crippen molar-refractivity contribution < 1.29 is 4.79 Å². The molecule has 1 aromatic rings. The van der Waals surface area contributed by atoms with Crippen LogP contribution in [0.2, 0.25) is 0 Å². The Labute approximate surface area is 117 Å². The average molecular weight is 277 g/mol. The first-order valence-corrected chi connectivity index (χ1v) is 7.42. The van der Waals surface area contributed by atoms with E-state index in [1.807, 2.05) is 35.2 Å². The van der Waals surface area contributed by atoms with Crippen LogP contribution >= 0.6 is 11.6 Å². The lowest BCUT2D eigenvalue weighted by molar-refractivity contribution is -0.130. The summed E-state index contributed by atoms with van der Waals surface area (Å²) in [7, 11) is 0. The SMILES string of the molecule is O=C1N(c2ccccc2)[C@H]2CN[C@]1(Cl)[C@@H]1CCC[C@@H]12. The van der Waals surface area contributed by atoms with Crippen molar-refractivity contribution in [2.45, 2.75) is 30.3 Å². The predicted molar refractivity (Wildman–Crippen MR) is 75.1 cm³/mol. The van der Waals surface area contributed by atoms with Gasteiger partial charge in [0.1, 0.15) is 0 Å². The number of piperidine rings is 2. The van der Waals surface area contributed by atoms with Gasteiger partial charge < -0.3 is 4.90 Å². The van der Waals surface area contributed by atoms with Gasteiger partial charge >= 0.3 is 0 Å². The van der Waals surface area contributed by atoms with E-state index in [0.29, 0.717) is 11.8 Å². The van der Waals surface area contributed by atoms with Gasteiger partial charge in [0.05, 0.1) is 6.04 Å². The molecule has 0 radical (unpaired) electrons. The number of benzene rings is 1. The fourth-order valence-electron chi connectivity index (χ4n) is 4.22. The maximum Gasteiger partial charge on any atom is 0.263 e. The monoisotopic (exact) mass is 276 g/mol. The Balaban J connectivity index is 1.80. The summed E-state index contributed by atoms with van der Waals surface area (Å²) in [6.07, 6.45) is 3.46. The van der Waals surface area contributed by atoms with Crippen LogP contribution in [-0.4, -0.2) is 23.5 Å². The molecule has 1 saturated carbocycles. The lowest BCUT2D eigenvalue weighted by atomic mass is 9.74.